The number of imide groups is 2. The van der Waals surface area contributed by atoms with E-state index in [-0.39, 0.29) is 63.1 Å². The zero-order chi connectivity index (χ0) is 46.8. The average molecular weight is 925 g/mol. The lowest BCUT2D eigenvalue weighted by atomic mass is 9.57. The van der Waals surface area contributed by atoms with Crippen LogP contribution in [-0.4, -0.2) is 118 Å². The Morgan fingerprint density at radius 3 is 2.39 bits per heavy atom. The summed E-state index contributed by atoms with van der Waals surface area (Å²) in [5.74, 6) is -2.00. The Labute approximate surface area is 386 Å². The number of halogens is 2. The Hall–Kier alpha value is -6.14. The monoisotopic (exact) mass is 924 g/mol. The molecule has 0 bridgehead atoms. The van der Waals surface area contributed by atoms with E-state index in [1.165, 1.54) is 29.9 Å². The number of fused-ring (bicyclic) bond motifs is 2. The van der Waals surface area contributed by atoms with Gasteiger partial charge in [-0.05, 0) is 115 Å². The minimum absolute atomic E-state index is 0.0752. The number of hydrogen-bond donors (Lipinski definition) is 3. The lowest BCUT2D eigenvalue weighted by Gasteiger charge is -2.67. The molecule has 1 atom stereocenters. The van der Waals surface area contributed by atoms with Crippen molar-refractivity contribution in [3.05, 3.63) is 74.9 Å². The Balaban J connectivity index is 0.797. The van der Waals surface area contributed by atoms with Crippen LogP contribution in [0.4, 0.5) is 27.5 Å². The van der Waals surface area contributed by atoms with E-state index in [9.17, 15) is 28.8 Å². The van der Waals surface area contributed by atoms with Gasteiger partial charge in [-0.2, -0.15) is 4.98 Å². The Morgan fingerprint density at radius 2 is 1.71 bits per heavy atom. The van der Waals surface area contributed by atoms with E-state index in [0.717, 1.165) is 75.5 Å². The summed E-state index contributed by atoms with van der Waals surface area (Å²) in [7, 11) is 1.46. The van der Waals surface area contributed by atoms with Crippen LogP contribution in [0.15, 0.2) is 47.4 Å². The molecule has 19 heteroatoms. The number of ether oxygens (including phenoxy) is 1. The van der Waals surface area contributed by atoms with E-state index < -0.39 is 53.6 Å². The normalized spacial score (nSPS) is 20.8. The van der Waals surface area contributed by atoms with E-state index in [2.05, 4.69) is 49.5 Å². The smallest absolute Gasteiger partial charge is 0.293 e. The maximum absolute atomic E-state index is 16.3. The van der Waals surface area contributed by atoms with Crippen molar-refractivity contribution in [2.75, 3.05) is 68.0 Å². The third-order valence-electron chi connectivity index (χ3n) is 14.7. The summed E-state index contributed by atoms with van der Waals surface area (Å²) in [5.41, 5.74) is 1.35. The van der Waals surface area contributed by atoms with Crippen molar-refractivity contribution in [3.63, 3.8) is 0 Å². The molecule has 2 aromatic carbocycles. The first-order valence-corrected chi connectivity index (χ1v) is 23.0. The Bertz CT molecular complexity index is 2730. The van der Waals surface area contributed by atoms with Gasteiger partial charge in [-0.1, -0.05) is 11.6 Å². The van der Waals surface area contributed by atoms with Crippen molar-refractivity contribution in [2.24, 2.45) is 11.3 Å². The fraction of sp³-hybridized carbons (Fsp3) is 0.489. The van der Waals surface area contributed by atoms with E-state index in [1.807, 2.05) is 19.9 Å². The number of likely N-dealkylation sites (tertiary alicyclic amines) is 1. The molecule has 0 aliphatic carbocycles. The summed E-state index contributed by atoms with van der Waals surface area (Å²) in [6, 6.07) is 8.56. The van der Waals surface area contributed by atoms with Gasteiger partial charge in [-0.25, -0.2) is 9.37 Å². The van der Waals surface area contributed by atoms with Crippen LogP contribution in [0.1, 0.15) is 93.0 Å². The number of likely N-dealkylation sites (N-methyl/N-ethyl adjacent to an activating group) is 1. The number of benzene rings is 2. The van der Waals surface area contributed by atoms with E-state index in [1.54, 1.807) is 18.2 Å². The maximum Gasteiger partial charge on any atom is 0.293 e. The standard InChI is InChI=1S/C47H54ClFN10O7/c1-26(2)58-34-9-8-33(39(49)31(34)21-36(44(58)65)66-24-38(61)50-5)52-40-32(48)22-51-45(54-40)56-16-12-27(13-17-56)23-55-18-14-47(15-19-55)25-57(46(47,3)4)28-6-7-29-30(20-28)43(64)59(42(29)63)35-10-11-37(60)53-41(35)62/h6-9,20-22,26-27,35H,10-19,23-25H2,1-5H3,(H,50,61)(H,51,52,54)(H,53,60,62). The quantitative estimate of drug-likeness (QED) is 0.170. The number of rotatable bonds is 11. The van der Waals surface area contributed by atoms with Crippen LogP contribution in [0, 0.1) is 17.2 Å². The highest BCUT2D eigenvalue weighted by Crippen LogP contribution is 2.55. The van der Waals surface area contributed by atoms with Crippen LogP contribution in [0.3, 0.4) is 0 Å². The third-order valence-corrected chi connectivity index (χ3v) is 14.9. The van der Waals surface area contributed by atoms with Crippen molar-refractivity contribution in [1.82, 2.24) is 35.0 Å². The molecule has 5 aliphatic rings. The van der Waals surface area contributed by atoms with Gasteiger partial charge < -0.3 is 34.6 Å². The van der Waals surface area contributed by atoms with E-state index in [4.69, 9.17) is 21.3 Å². The second-order valence-electron chi connectivity index (χ2n) is 18.9. The van der Waals surface area contributed by atoms with Crippen molar-refractivity contribution < 1.29 is 33.1 Å². The number of anilines is 4. The van der Waals surface area contributed by atoms with Crippen molar-refractivity contribution >= 4 is 75.2 Å². The van der Waals surface area contributed by atoms with Gasteiger partial charge in [0.1, 0.15) is 11.1 Å². The summed E-state index contributed by atoms with van der Waals surface area (Å²) in [4.78, 5) is 93.5. The molecule has 1 spiro atoms. The number of nitrogens with zero attached hydrogens (tertiary/aromatic N) is 7. The van der Waals surface area contributed by atoms with Gasteiger partial charge in [0.25, 0.3) is 23.3 Å². The molecule has 3 N–H and O–H groups in total. The molecule has 7 heterocycles. The second kappa shape index (κ2) is 17.3. The SMILES string of the molecule is CNC(=O)COc1cc2c(F)c(Nc3nc(N4CCC(CN5CCC6(CC5)CN(c5ccc7c(c5)C(=O)N(C5CCC(=O)NC5=O)C7=O)C6(C)C)CC4)ncc3Cl)ccc2n(C(C)C)c1=O. The summed E-state index contributed by atoms with van der Waals surface area (Å²) in [6.07, 6.45) is 5.69. The number of nitrogens with one attached hydrogen (secondary N) is 3. The fourth-order valence-electron chi connectivity index (χ4n) is 10.5. The Kier molecular flexibility index (Phi) is 11.8. The van der Waals surface area contributed by atoms with Crippen LogP contribution in [0.25, 0.3) is 10.9 Å². The highest BCUT2D eigenvalue weighted by molar-refractivity contribution is 6.33. The van der Waals surface area contributed by atoms with Crippen LogP contribution in [0.5, 0.6) is 5.75 Å². The molecule has 5 amide bonds. The van der Waals surface area contributed by atoms with Gasteiger partial charge in [0.2, 0.25) is 17.8 Å². The van der Waals surface area contributed by atoms with Crippen molar-refractivity contribution in [2.45, 2.75) is 83.8 Å². The minimum atomic E-state index is -0.998. The average Bonchev–Trinajstić information content (AvgIpc) is 3.54. The topological polar surface area (TPSA) is 191 Å². The predicted octanol–water partition coefficient (Wildman–Crippen LogP) is 5.03. The molecule has 2 aromatic heterocycles. The Morgan fingerprint density at radius 1 is 0.985 bits per heavy atom. The molecular formula is C47H54ClFN10O7. The van der Waals surface area contributed by atoms with Crippen molar-refractivity contribution in [3.8, 4) is 5.75 Å². The van der Waals surface area contributed by atoms with E-state index in [0.29, 0.717) is 22.9 Å². The van der Waals surface area contributed by atoms with Crippen molar-refractivity contribution in [1.29, 1.82) is 0 Å². The summed E-state index contributed by atoms with van der Waals surface area (Å²) in [5, 5.41) is 8.09. The van der Waals surface area contributed by atoms with Crippen LogP contribution >= 0.6 is 11.6 Å². The molecule has 9 rings (SSSR count). The summed E-state index contributed by atoms with van der Waals surface area (Å²) in [6.45, 7) is 13.0. The van der Waals surface area contributed by atoms with Crippen LogP contribution in [0.2, 0.25) is 5.02 Å². The largest absolute Gasteiger partial charge is 0.478 e. The maximum atomic E-state index is 16.3. The molecule has 0 radical (unpaired) electrons. The van der Waals surface area contributed by atoms with E-state index >= 15 is 4.39 Å². The third kappa shape index (κ3) is 7.80. The highest BCUT2D eigenvalue weighted by atomic mass is 35.5. The minimum Gasteiger partial charge on any atom is -0.478 e. The number of piperidine rings is 3. The molecule has 4 aromatic rings. The first kappa shape index (κ1) is 45.0. The van der Waals surface area contributed by atoms with Gasteiger partial charge >= 0.3 is 0 Å². The lowest BCUT2D eigenvalue weighted by molar-refractivity contribution is -0.136. The first-order valence-electron chi connectivity index (χ1n) is 22.6. The number of carbonyl (C=O) groups excluding carboxylic acids is 5. The van der Waals surface area contributed by atoms with Gasteiger partial charge in [-0.15, -0.1) is 0 Å². The number of aromatic nitrogens is 3. The number of carbonyl (C=O) groups is 5. The van der Waals surface area contributed by atoms with Crippen LogP contribution < -0.4 is 36.0 Å². The summed E-state index contributed by atoms with van der Waals surface area (Å²) >= 11 is 6.56. The fourth-order valence-corrected chi connectivity index (χ4v) is 10.7. The first-order chi connectivity index (χ1) is 31.5. The molecule has 1 unspecified atom stereocenters. The zero-order valence-electron chi connectivity index (χ0n) is 37.7. The molecule has 348 valence electrons. The predicted molar refractivity (Wildman–Crippen MR) is 246 cm³/mol. The number of hydrogen-bond acceptors (Lipinski definition) is 13. The molecule has 5 aliphatic heterocycles. The second-order valence-corrected chi connectivity index (χ2v) is 19.3. The highest BCUT2D eigenvalue weighted by Gasteiger charge is 2.59. The van der Waals surface area contributed by atoms with Gasteiger partial charge in [0.05, 0.1) is 28.5 Å². The van der Waals surface area contributed by atoms with Crippen LogP contribution in [-0.2, 0) is 14.4 Å². The zero-order valence-corrected chi connectivity index (χ0v) is 38.5. The molecule has 0 saturated carbocycles. The molecule has 66 heavy (non-hydrogen) atoms. The number of amides is 5. The lowest BCUT2D eigenvalue weighted by Crippen LogP contribution is -2.74. The van der Waals surface area contributed by atoms with Gasteiger partial charge in [-0.3, -0.25) is 39.0 Å². The molecule has 4 fully saturated rings. The number of pyridine rings is 1. The van der Waals surface area contributed by atoms with Gasteiger partial charge in [0, 0.05) is 67.7 Å². The molecule has 4 saturated heterocycles. The molecule has 17 nitrogen and oxygen atoms in total. The summed E-state index contributed by atoms with van der Waals surface area (Å²) < 4.78 is 23.2. The van der Waals surface area contributed by atoms with Gasteiger partial charge in [0.15, 0.2) is 24.0 Å². The molecular weight excluding hydrogens is 871 g/mol.